The van der Waals surface area contributed by atoms with Gasteiger partial charge in [-0.3, -0.25) is 9.97 Å². The van der Waals surface area contributed by atoms with Crippen molar-refractivity contribution in [2.45, 2.75) is 58.3 Å². The van der Waals surface area contributed by atoms with Crippen molar-refractivity contribution in [3.8, 4) is 0 Å². The second-order valence-corrected chi connectivity index (χ2v) is 8.21. The van der Waals surface area contributed by atoms with Crippen molar-refractivity contribution in [3.05, 3.63) is 82.6 Å². The molecule has 2 N–H and O–H groups in total. The van der Waals surface area contributed by atoms with Crippen LogP contribution >= 0.6 is 0 Å². The first-order valence-electron chi connectivity index (χ1n) is 10.3. The second-order valence-electron chi connectivity index (χ2n) is 8.21. The summed E-state index contributed by atoms with van der Waals surface area (Å²) >= 11 is 0. The Kier molecular flexibility index (Phi) is 6.75. The molecule has 0 amide bonds. The Morgan fingerprint density at radius 3 is 2.10 bits per heavy atom. The van der Waals surface area contributed by atoms with E-state index in [1.165, 1.54) is 11.8 Å². The number of nitrogens with zero attached hydrogens (tertiary/aromatic N) is 3. The number of pyridine rings is 3. The highest BCUT2D eigenvalue weighted by molar-refractivity contribution is 5.37. The van der Waals surface area contributed by atoms with Gasteiger partial charge in [0.2, 0.25) is 0 Å². The maximum Gasteiger partial charge on any atom is 0.168 e. The van der Waals surface area contributed by atoms with Crippen LogP contribution in [0.15, 0.2) is 42.9 Å². The first kappa shape index (κ1) is 21.8. The van der Waals surface area contributed by atoms with Crippen LogP contribution in [0.2, 0.25) is 0 Å². The summed E-state index contributed by atoms with van der Waals surface area (Å²) in [7, 11) is 0. The van der Waals surface area contributed by atoms with E-state index in [1.54, 1.807) is 18.3 Å². The Morgan fingerprint density at radius 1 is 0.800 bits per heavy atom. The summed E-state index contributed by atoms with van der Waals surface area (Å²) < 4.78 is 29.6. The summed E-state index contributed by atoms with van der Waals surface area (Å²) in [5.41, 5.74) is 9.06. The van der Waals surface area contributed by atoms with Crippen molar-refractivity contribution in [1.82, 2.24) is 15.0 Å². The van der Waals surface area contributed by atoms with E-state index in [-0.39, 0.29) is 29.9 Å². The molecule has 0 saturated carbocycles. The molecule has 0 fully saturated rings. The lowest BCUT2D eigenvalue weighted by Crippen LogP contribution is -2.10. The fourth-order valence-electron chi connectivity index (χ4n) is 3.67. The number of rotatable bonds is 7. The molecule has 0 aromatic carbocycles. The smallest absolute Gasteiger partial charge is 0.168 e. The Balaban J connectivity index is 1.80. The van der Waals surface area contributed by atoms with Crippen molar-refractivity contribution in [3.63, 3.8) is 0 Å². The molecule has 0 aliphatic heterocycles. The predicted molar refractivity (Wildman–Crippen MR) is 115 cm³/mol. The zero-order valence-electron chi connectivity index (χ0n) is 17.9. The van der Waals surface area contributed by atoms with Gasteiger partial charge in [-0.05, 0) is 71.6 Å². The third-order valence-corrected chi connectivity index (χ3v) is 5.52. The standard InChI is InChI=1S/C24H28F2N4/c1-14(2)17-5-8-28-18(13-17)11-15(3)19-6-9-29-21(22(19)25)12-16(4)20-7-10-30-24(27)23(20)26/h5-10,13-16H,11-12H2,1-4H3,(H2,27,30). The number of nitrogens with two attached hydrogens (primary N) is 1. The van der Waals surface area contributed by atoms with E-state index in [0.717, 1.165) is 5.69 Å². The molecule has 158 valence electrons. The van der Waals surface area contributed by atoms with Crippen molar-refractivity contribution >= 4 is 5.82 Å². The molecule has 0 bridgehead atoms. The van der Waals surface area contributed by atoms with Gasteiger partial charge in [-0.15, -0.1) is 0 Å². The van der Waals surface area contributed by atoms with Crippen LogP contribution in [0.4, 0.5) is 14.6 Å². The summed E-state index contributed by atoms with van der Waals surface area (Å²) in [6.07, 6.45) is 5.79. The highest BCUT2D eigenvalue weighted by Crippen LogP contribution is 2.29. The average Bonchev–Trinajstić information content (AvgIpc) is 2.71. The quantitative estimate of drug-likeness (QED) is 0.555. The molecule has 0 spiro atoms. The molecule has 0 saturated heterocycles. The summed E-state index contributed by atoms with van der Waals surface area (Å²) in [6.45, 7) is 8.09. The van der Waals surface area contributed by atoms with Gasteiger partial charge in [0.15, 0.2) is 11.6 Å². The fourth-order valence-corrected chi connectivity index (χ4v) is 3.67. The summed E-state index contributed by atoms with van der Waals surface area (Å²) in [5, 5.41) is 0. The van der Waals surface area contributed by atoms with Crippen molar-refractivity contribution in [1.29, 1.82) is 0 Å². The molecule has 30 heavy (non-hydrogen) atoms. The molecule has 0 aliphatic rings. The van der Waals surface area contributed by atoms with E-state index in [0.29, 0.717) is 29.2 Å². The molecule has 3 aromatic heterocycles. The van der Waals surface area contributed by atoms with Crippen molar-refractivity contribution < 1.29 is 8.78 Å². The average molecular weight is 411 g/mol. The van der Waals surface area contributed by atoms with E-state index >= 15 is 4.39 Å². The van der Waals surface area contributed by atoms with Crippen LogP contribution in [0.3, 0.4) is 0 Å². The van der Waals surface area contributed by atoms with E-state index < -0.39 is 5.82 Å². The normalized spacial score (nSPS) is 13.4. The number of halogens is 2. The molecule has 0 radical (unpaired) electrons. The highest BCUT2D eigenvalue weighted by atomic mass is 19.1. The molecule has 2 atom stereocenters. The van der Waals surface area contributed by atoms with Gasteiger partial charge in [0.25, 0.3) is 0 Å². The van der Waals surface area contributed by atoms with Gasteiger partial charge in [-0.1, -0.05) is 27.7 Å². The minimum Gasteiger partial charge on any atom is -0.381 e. The number of hydrogen-bond donors (Lipinski definition) is 1. The zero-order valence-corrected chi connectivity index (χ0v) is 17.9. The minimum absolute atomic E-state index is 0.0646. The lowest BCUT2D eigenvalue weighted by molar-refractivity contribution is 0.542. The van der Waals surface area contributed by atoms with Gasteiger partial charge >= 0.3 is 0 Å². The third-order valence-electron chi connectivity index (χ3n) is 5.52. The van der Waals surface area contributed by atoms with Crippen LogP contribution in [0.1, 0.15) is 73.5 Å². The molecule has 3 rings (SSSR count). The molecule has 3 heterocycles. The predicted octanol–water partition coefficient (Wildman–Crippen LogP) is 5.55. The summed E-state index contributed by atoms with van der Waals surface area (Å²) in [4.78, 5) is 12.4. The lowest BCUT2D eigenvalue weighted by atomic mass is 9.91. The van der Waals surface area contributed by atoms with Crippen LogP contribution in [-0.4, -0.2) is 15.0 Å². The Bertz CT molecular complexity index is 1020. The largest absolute Gasteiger partial charge is 0.381 e. The molecular weight excluding hydrogens is 382 g/mol. The molecule has 0 aliphatic carbocycles. The maximum absolute atomic E-state index is 15.3. The van der Waals surface area contributed by atoms with Crippen molar-refractivity contribution in [2.75, 3.05) is 5.73 Å². The van der Waals surface area contributed by atoms with Gasteiger partial charge in [0.1, 0.15) is 5.82 Å². The van der Waals surface area contributed by atoms with E-state index in [4.69, 9.17) is 5.73 Å². The van der Waals surface area contributed by atoms with E-state index in [1.807, 2.05) is 26.1 Å². The molecule has 3 aromatic rings. The maximum atomic E-state index is 15.3. The number of hydrogen-bond acceptors (Lipinski definition) is 4. The lowest BCUT2D eigenvalue weighted by Gasteiger charge is -2.17. The molecular formula is C24H28F2N4. The number of nitrogen functional groups attached to an aromatic ring is 1. The zero-order chi connectivity index (χ0) is 21.8. The summed E-state index contributed by atoms with van der Waals surface area (Å²) in [5.74, 6) is -0.968. The van der Waals surface area contributed by atoms with Crippen LogP contribution in [0.5, 0.6) is 0 Å². The van der Waals surface area contributed by atoms with Crippen LogP contribution in [0, 0.1) is 11.6 Å². The molecule has 4 nitrogen and oxygen atoms in total. The Morgan fingerprint density at radius 2 is 1.40 bits per heavy atom. The van der Waals surface area contributed by atoms with Crippen LogP contribution < -0.4 is 5.73 Å². The third kappa shape index (κ3) is 4.81. The first-order chi connectivity index (χ1) is 14.3. The van der Waals surface area contributed by atoms with E-state index in [2.05, 4.69) is 34.9 Å². The minimum atomic E-state index is -0.550. The van der Waals surface area contributed by atoms with E-state index in [9.17, 15) is 4.39 Å². The highest BCUT2D eigenvalue weighted by Gasteiger charge is 2.20. The van der Waals surface area contributed by atoms with Crippen LogP contribution in [-0.2, 0) is 12.8 Å². The first-order valence-corrected chi connectivity index (χ1v) is 10.3. The van der Waals surface area contributed by atoms with Gasteiger partial charge in [-0.2, -0.15) is 0 Å². The Hall–Kier alpha value is -2.89. The van der Waals surface area contributed by atoms with Gasteiger partial charge in [0.05, 0.1) is 5.69 Å². The number of anilines is 1. The molecule has 6 heteroatoms. The SMILES string of the molecule is CC(C)c1ccnc(CC(C)c2ccnc(CC(C)c3ccnc(N)c3F)c2F)c1. The topological polar surface area (TPSA) is 64.7 Å². The second kappa shape index (κ2) is 9.28. The summed E-state index contributed by atoms with van der Waals surface area (Å²) in [6, 6.07) is 7.38. The van der Waals surface area contributed by atoms with Crippen LogP contribution in [0.25, 0.3) is 0 Å². The number of aromatic nitrogens is 3. The Labute approximate surface area is 176 Å². The fraction of sp³-hybridized carbons (Fsp3) is 0.375. The van der Waals surface area contributed by atoms with Gasteiger partial charge < -0.3 is 5.73 Å². The molecule has 2 unspecified atom stereocenters. The van der Waals surface area contributed by atoms with Crippen molar-refractivity contribution in [2.24, 2.45) is 0 Å². The van der Waals surface area contributed by atoms with Gasteiger partial charge in [-0.25, -0.2) is 13.8 Å². The monoisotopic (exact) mass is 410 g/mol. The van der Waals surface area contributed by atoms with Gasteiger partial charge in [0, 0.05) is 24.3 Å².